The first-order chi connectivity index (χ1) is 8.11. The molecule has 0 aliphatic heterocycles. The number of ether oxygens (including phenoxy) is 1. The molecule has 0 atom stereocenters. The highest BCUT2D eigenvalue weighted by Gasteiger charge is 2.24. The minimum Gasteiger partial charge on any atom is -0.502 e. The summed E-state index contributed by atoms with van der Waals surface area (Å²) in [5.74, 6) is -1.21. The molecule has 0 aliphatic rings. The van der Waals surface area contributed by atoms with Crippen molar-refractivity contribution in [1.29, 1.82) is 0 Å². The molecule has 0 fully saturated rings. The topological polar surface area (TPSA) is 89.7 Å². The van der Waals surface area contributed by atoms with Gasteiger partial charge >= 0.3 is 11.7 Å². The van der Waals surface area contributed by atoms with E-state index in [-0.39, 0.29) is 10.0 Å². The molecule has 0 aliphatic carbocycles. The highest BCUT2D eigenvalue weighted by atomic mass is 79.9. The number of esters is 1. The number of rotatable bonds is 2. The molecular formula is C11H12BrNO5. The third-order valence-electron chi connectivity index (χ3n) is 1.88. The predicted molar refractivity (Wildman–Crippen MR) is 67.6 cm³/mol. The second-order valence-electron chi connectivity index (χ2n) is 4.58. The molecule has 98 valence electrons. The smallest absolute Gasteiger partial charge is 0.340 e. The zero-order chi connectivity index (χ0) is 14.1. The van der Waals surface area contributed by atoms with Gasteiger partial charge in [-0.1, -0.05) is 0 Å². The third kappa shape index (κ3) is 3.43. The number of phenols is 1. The lowest BCUT2D eigenvalue weighted by Gasteiger charge is -2.19. The van der Waals surface area contributed by atoms with E-state index >= 15 is 0 Å². The monoisotopic (exact) mass is 317 g/mol. The van der Waals surface area contributed by atoms with Crippen LogP contribution in [0.25, 0.3) is 0 Å². The Labute approximate surface area is 112 Å². The van der Waals surface area contributed by atoms with Gasteiger partial charge in [-0.2, -0.15) is 0 Å². The van der Waals surface area contributed by atoms with Crippen LogP contribution >= 0.6 is 15.9 Å². The molecule has 0 aromatic heterocycles. The molecule has 6 nitrogen and oxygen atoms in total. The normalized spacial score (nSPS) is 11.1. The van der Waals surface area contributed by atoms with Crippen LogP contribution in [0.4, 0.5) is 5.69 Å². The summed E-state index contributed by atoms with van der Waals surface area (Å²) < 4.78 is 5.34. The van der Waals surface area contributed by atoms with Gasteiger partial charge in [0.2, 0.25) is 0 Å². The molecule has 0 heterocycles. The molecule has 1 aromatic rings. The lowest BCUT2D eigenvalue weighted by Crippen LogP contribution is -2.24. The highest BCUT2D eigenvalue weighted by molar-refractivity contribution is 9.10. The van der Waals surface area contributed by atoms with Crippen LogP contribution in [-0.4, -0.2) is 21.6 Å². The summed E-state index contributed by atoms with van der Waals surface area (Å²) in [4.78, 5) is 21.7. The van der Waals surface area contributed by atoms with Gasteiger partial charge in [0.05, 0.1) is 10.5 Å². The number of hydrogen-bond acceptors (Lipinski definition) is 5. The molecule has 0 saturated heterocycles. The lowest BCUT2D eigenvalue weighted by molar-refractivity contribution is -0.385. The number of carbonyl (C=O) groups excluding carboxylic acids is 1. The molecule has 0 amide bonds. The fourth-order valence-electron chi connectivity index (χ4n) is 1.19. The van der Waals surface area contributed by atoms with Crippen molar-refractivity contribution >= 4 is 27.6 Å². The van der Waals surface area contributed by atoms with Gasteiger partial charge in [-0.25, -0.2) is 4.79 Å². The van der Waals surface area contributed by atoms with E-state index in [0.717, 1.165) is 12.1 Å². The number of phenolic OH excluding ortho intramolecular Hbond substituents is 1. The first kappa shape index (κ1) is 14.4. The maximum Gasteiger partial charge on any atom is 0.340 e. The van der Waals surface area contributed by atoms with Crippen LogP contribution in [0.1, 0.15) is 31.1 Å². The van der Waals surface area contributed by atoms with Gasteiger partial charge in [0.15, 0.2) is 5.75 Å². The van der Waals surface area contributed by atoms with Crippen molar-refractivity contribution in [3.63, 3.8) is 0 Å². The van der Waals surface area contributed by atoms with Crippen molar-refractivity contribution in [3.05, 3.63) is 32.3 Å². The zero-order valence-corrected chi connectivity index (χ0v) is 11.6. The van der Waals surface area contributed by atoms with Crippen LogP contribution in [0.15, 0.2) is 16.6 Å². The van der Waals surface area contributed by atoms with Crippen LogP contribution < -0.4 is 0 Å². The van der Waals surface area contributed by atoms with Gasteiger partial charge in [-0.3, -0.25) is 10.1 Å². The van der Waals surface area contributed by atoms with Crippen LogP contribution in [0.3, 0.4) is 0 Å². The highest BCUT2D eigenvalue weighted by Crippen LogP contribution is 2.33. The quantitative estimate of drug-likeness (QED) is 0.514. The summed E-state index contributed by atoms with van der Waals surface area (Å²) in [6.07, 6.45) is 0. The largest absolute Gasteiger partial charge is 0.502 e. The minimum absolute atomic E-state index is 0.00516. The Morgan fingerprint density at radius 3 is 2.44 bits per heavy atom. The van der Waals surface area contributed by atoms with Crippen molar-refractivity contribution in [2.45, 2.75) is 26.4 Å². The molecule has 18 heavy (non-hydrogen) atoms. The number of aromatic hydroxyl groups is 1. The molecule has 0 saturated carbocycles. The van der Waals surface area contributed by atoms with E-state index in [0.29, 0.717) is 0 Å². The Kier molecular flexibility index (Phi) is 3.95. The number of nitrogens with zero attached hydrogens (tertiary/aromatic N) is 1. The predicted octanol–water partition coefficient (Wildman–Crippen LogP) is 3.02. The third-order valence-corrected chi connectivity index (χ3v) is 2.54. The van der Waals surface area contributed by atoms with Crippen LogP contribution in [0, 0.1) is 10.1 Å². The Balaban J connectivity index is 3.21. The molecule has 0 bridgehead atoms. The van der Waals surface area contributed by atoms with Gasteiger partial charge in [0.25, 0.3) is 0 Å². The molecule has 1 aromatic carbocycles. The van der Waals surface area contributed by atoms with Gasteiger partial charge < -0.3 is 9.84 Å². The second kappa shape index (κ2) is 4.93. The van der Waals surface area contributed by atoms with Gasteiger partial charge in [-0.05, 0) is 36.7 Å². The molecule has 7 heteroatoms. The number of carbonyl (C=O) groups is 1. The zero-order valence-electron chi connectivity index (χ0n) is 10.1. The fourth-order valence-corrected chi connectivity index (χ4v) is 1.68. The average molecular weight is 318 g/mol. The number of benzene rings is 1. The molecule has 1 rings (SSSR count). The molecule has 0 spiro atoms. The number of nitro groups is 1. The Morgan fingerprint density at radius 1 is 1.44 bits per heavy atom. The Hall–Kier alpha value is -1.63. The summed E-state index contributed by atoms with van der Waals surface area (Å²) >= 11 is 3.06. The molecular weight excluding hydrogens is 306 g/mol. The van der Waals surface area contributed by atoms with E-state index < -0.39 is 27.9 Å². The number of nitro benzene ring substituents is 1. The Morgan fingerprint density at radius 2 is 2.00 bits per heavy atom. The summed E-state index contributed by atoms with van der Waals surface area (Å²) in [5.41, 5.74) is -1.25. The van der Waals surface area contributed by atoms with Crippen LogP contribution in [0.5, 0.6) is 5.75 Å². The van der Waals surface area contributed by atoms with Gasteiger partial charge in [-0.15, -0.1) is 0 Å². The lowest BCUT2D eigenvalue weighted by atomic mass is 10.1. The summed E-state index contributed by atoms with van der Waals surface area (Å²) in [7, 11) is 0. The van der Waals surface area contributed by atoms with Crippen molar-refractivity contribution in [3.8, 4) is 5.75 Å². The Bertz CT molecular complexity index is 507. The minimum atomic E-state index is -0.768. The maximum atomic E-state index is 11.8. The summed E-state index contributed by atoms with van der Waals surface area (Å²) in [6.45, 7) is 5.06. The van der Waals surface area contributed by atoms with E-state index in [2.05, 4.69) is 15.9 Å². The van der Waals surface area contributed by atoms with Crippen LogP contribution in [-0.2, 0) is 4.74 Å². The summed E-state index contributed by atoms with van der Waals surface area (Å²) in [5, 5.41) is 20.0. The standard InChI is InChI=1S/C11H12BrNO5/c1-11(2,3)18-10(15)6-4-8(13(16)17)9(14)5-7(6)12/h4-5,14H,1-3H3. The SMILES string of the molecule is CC(C)(C)OC(=O)c1cc([N+](=O)[O-])c(O)cc1Br. The van der Waals surface area contributed by atoms with E-state index in [1.807, 2.05) is 0 Å². The average Bonchev–Trinajstić information content (AvgIpc) is 2.13. The number of halogens is 1. The number of hydrogen-bond donors (Lipinski definition) is 1. The second-order valence-corrected chi connectivity index (χ2v) is 5.43. The summed E-state index contributed by atoms with van der Waals surface area (Å²) in [6, 6.07) is 2.07. The van der Waals surface area contributed by atoms with Crippen molar-refractivity contribution in [1.82, 2.24) is 0 Å². The van der Waals surface area contributed by atoms with E-state index in [1.54, 1.807) is 20.8 Å². The van der Waals surface area contributed by atoms with Crippen molar-refractivity contribution < 1.29 is 19.6 Å². The van der Waals surface area contributed by atoms with Gasteiger partial charge in [0, 0.05) is 16.6 Å². The molecule has 0 unspecified atom stereocenters. The van der Waals surface area contributed by atoms with Crippen molar-refractivity contribution in [2.75, 3.05) is 0 Å². The molecule has 0 radical (unpaired) electrons. The van der Waals surface area contributed by atoms with E-state index in [9.17, 15) is 20.0 Å². The first-order valence-corrected chi connectivity index (χ1v) is 5.81. The van der Waals surface area contributed by atoms with E-state index in [1.165, 1.54) is 0 Å². The maximum absolute atomic E-state index is 11.8. The first-order valence-electron chi connectivity index (χ1n) is 5.02. The fraction of sp³-hybridized carbons (Fsp3) is 0.364. The van der Waals surface area contributed by atoms with E-state index in [4.69, 9.17) is 4.74 Å². The van der Waals surface area contributed by atoms with Crippen LogP contribution in [0.2, 0.25) is 0 Å². The molecule has 1 N–H and O–H groups in total. The van der Waals surface area contributed by atoms with Crippen molar-refractivity contribution in [2.24, 2.45) is 0 Å². The van der Waals surface area contributed by atoms with Gasteiger partial charge in [0.1, 0.15) is 5.60 Å².